The monoisotopic (exact) mass is 245 g/mol. The summed E-state index contributed by atoms with van der Waals surface area (Å²) in [5, 5.41) is 11.2. The second-order valence-corrected chi connectivity index (χ2v) is 6.03. The molecule has 0 saturated heterocycles. The molecule has 0 aliphatic heterocycles. The SMILES string of the molecule is CC(C)CNCCCCSc1nncs1. The van der Waals surface area contributed by atoms with Crippen molar-refractivity contribution in [1.82, 2.24) is 15.5 Å². The Bertz CT molecular complexity index is 237. The van der Waals surface area contributed by atoms with Crippen LogP contribution in [0, 0.1) is 5.92 Å². The van der Waals surface area contributed by atoms with Gasteiger partial charge in [-0.1, -0.05) is 36.9 Å². The van der Waals surface area contributed by atoms with Gasteiger partial charge in [0.05, 0.1) is 0 Å². The summed E-state index contributed by atoms with van der Waals surface area (Å²) in [5.41, 5.74) is 1.78. The molecule has 0 aromatic carbocycles. The van der Waals surface area contributed by atoms with E-state index in [1.807, 2.05) is 11.8 Å². The van der Waals surface area contributed by atoms with Gasteiger partial charge >= 0.3 is 0 Å². The summed E-state index contributed by atoms with van der Waals surface area (Å²) in [6.07, 6.45) is 2.49. The minimum atomic E-state index is 0.751. The quantitative estimate of drug-likeness (QED) is 0.564. The van der Waals surface area contributed by atoms with Crippen molar-refractivity contribution in [3.63, 3.8) is 0 Å². The van der Waals surface area contributed by atoms with Gasteiger partial charge < -0.3 is 5.32 Å². The van der Waals surface area contributed by atoms with Gasteiger partial charge in [0.2, 0.25) is 0 Å². The van der Waals surface area contributed by atoms with Gasteiger partial charge in [-0.15, -0.1) is 10.2 Å². The van der Waals surface area contributed by atoms with E-state index in [4.69, 9.17) is 0 Å². The molecule has 0 aliphatic carbocycles. The first kappa shape index (κ1) is 12.9. The fourth-order valence-corrected chi connectivity index (χ4v) is 2.69. The van der Waals surface area contributed by atoms with E-state index in [2.05, 4.69) is 29.4 Å². The minimum absolute atomic E-state index is 0.751. The summed E-state index contributed by atoms with van der Waals surface area (Å²) in [5.74, 6) is 1.90. The van der Waals surface area contributed by atoms with Crippen LogP contribution in [-0.4, -0.2) is 29.0 Å². The molecule has 1 rings (SSSR count). The molecule has 0 radical (unpaired) electrons. The van der Waals surface area contributed by atoms with E-state index >= 15 is 0 Å². The Labute approximate surface area is 100 Å². The highest BCUT2D eigenvalue weighted by atomic mass is 32.2. The lowest BCUT2D eigenvalue weighted by Gasteiger charge is -2.06. The number of unbranched alkanes of at least 4 members (excludes halogenated alkanes) is 1. The molecule has 0 fully saturated rings. The topological polar surface area (TPSA) is 37.8 Å². The summed E-state index contributed by atoms with van der Waals surface area (Å²) < 4.78 is 1.09. The molecule has 5 heteroatoms. The molecule has 15 heavy (non-hydrogen) atoms. The van der Waals surface area contributed by atoms with Crippen molar-refractivity contribution in [1.29, 1.82) is 0 Å². The zero-order valence-corrected chi connectivity index (χ0v) is 11.0. The number of thioether (sulfide) groups is 1. The Balaban J connectivity index is 1.85. The molecule has 1 aromatic heterocycles. The maximum atomic E-state index is 3.99. The van der Waals surface area contributed by atoms with Crippen molar-refractivity contribution >= 4 is 23.1 Å². The molecule has 0 atom stereocenters. The van der Waals surface area contributed by atoms with E-state index in [9.17, 15) is 0 Å². The second-order valence-electron chi connectivity index (χ2n) is 3.86. The van der Waals surface area contributed by atoms with Gasteiger partial charge in [0, 0.05) is 5.75 Å². The molecule has 86 valence electrons. The van der Waals surface area contributed by atoms with Crippen LogP contribution in [0.1, 0.15) is 26.7 Å². The zero-order chi connectivity index (χ0) is 10.9. The summed E-state index contributed by atoms with van der Waals surface area (Å²) in [4.78, 5) is 0. The predicted molar refractivity (Wildman–Crippen MR) is 67.6 cm³/mol. The van der Waals surface area contributed by atoms with Crippen LogP contribution in [-0.2, 0) is 0 Å². The fraction of sp³-hybridized carbons (Fsp3) is 0.800. The van der Waals surface area contributed by atoms with Crippen molar-refractivity contribution in [2.75, 3.05) is 18.8 Å². The van der Waals surface area contributed by atoms with Crippen LogP contribution in [0.5, 0.6) is 0 Å². The van der Waals surface area contributed by atoms with Crippen molar-refractivity contribution < 1.29 is 0 Å². The molecule has 0 amide bonds. The van der Waals surface area contributed by atoms with E-state index in [1.165, 1.54) is 12.8 Å². The highest BCUT2D eigenvalue weighted by molar-refractivity contribution is 8.00. The molecule has 0 aliphatic rings. The number of hydrogen-bond acceptors (Lipinski definition) is 5. The smallest absolute Gasteiger partial charge is 0.174 e. The van der Waals surface area contributed by atoms with Crippen LogP contribution in [0.15, 0.2) is 9.85 Å². The number of hydrogen-bond donors (Lipinski definition) is 1. The molecule has 0 spiro atoms. The summed E-state index contributed by atoms with van der Waals surface area (Å²) in [6.45, 7) is 6.73. The molecule has 0 saturated carbocycles. The lowest BCUT2D eigenvalue weighted by Crippen LogP contribution is -2.20. The van der Waals surface area contributed by atoms with Gasteiger partial charge in [0.1, 0.15) is 5.51 Å². The standard InChI is InChI=1S/C10H19N3S2/c1-9(2)7-11-5-3-4-6-14-10-13-12-8-15-10/h8-9,11H,3-7H2,1-2H3. The maximum absolute atomic E-state index is 3.99. The lowest BCUT2D eigenvalue weighted by atomic mass is 10.2. The Morgan fingerprint density at radius 3 is 3.00 bits per heavy atom. The highest BCUT2D eigenvalue weighted by Crippen LogP contribution is 2.19. The zero-order valence-electron chi connectivity index (χ0n) is 9.40. The fourth-order valence-electron chi connectivity index (χ4n) is 1.13. The third-order valence-corrected chi connectivity index (χ3v) is 3.81. The van der Waals surface area contributed by atoms with Crippen molar-refractivity contribution in [3.8, 4) is 0 Å². The summed E-state index contributed by atoms with van der Waals surface area (Å²) in [6, 6.07) is 0. The summed E-state index contributed by atoms with van der Waals surface area (Å²) >= 11 is 3.43. The molecule has 1 heterocycles. The predicted octanol–water partition coefficient (Wildman–Crippen LogP) is 2.66. The Hall–Kier alpha value is -0.130. The van der Waals surface area contributed by atoms with Gasteiger partial charge in [-0.25, -0.2) is 0 Å². The third kappa shape index (κ3) is 6.87. The summed E-state index contributed by atoms with van der Waals surface area (Å²) in [7, 11) is 0. The van der Waals surface area contributed by atoms with Crippen LogP contribution in [0.25, 0.3) is 0 Å². The van der Waals surface area contributed by atoms with E-state index < -0.39 is 0 Å². The van der Waals surface area contributed by atoms with Gasteiger partial charge in [0.25, 0.3) is 0 Å². The number of nitrogens with one attached hydrogen (secondary N) is 1. The van der Waals surface area contributed by atoms with E-state index in [0.29, 0.717) is 0 Å². The minimum Gasteiger partial charge on any atom is -0.316 e. The van der Waals surface area contributed by atoms with Gasteiger partial charge in [-0.05, 0) is 31.8 Å². The Morgan fingerprint density at radius 1 is 1.47 bits per heavy atom. The molecule has 1 N–H and O–H groups in total. The van der Waals surface area contributed by atoms with Crippen LogP contribution in [0.4, 0.5) is 0 Å². The molecule has 1 aromatic rings. The van der Waals surface area contributed by atoms with E-state index in [0.717, 1.165) is 29.1 Å². The molecule has 0 bridgehead atoms. The van der Waals surface area contributed by atoms with Crippen molar-refractivity contribution in [3.05, 3.63) is 5.51 Å². The molecular formula is C10H19N3S2. The normalized spacial score (nSPS) is 11.1. The average Bonchev–Trinajstić information content (AvgIpc) is 2.68. The Morgan fingerprint density at radius 2 is 2.33 bits per heavy atom. The van der Waals surface area contributed by atoms with Crippen LogP contribution < -0.4 is 5.32 Å². The van der Waals surface area contributed by atoms with E-state index in [-0.39, 0.29) is 0 Å². The highest BCUT2D eigenvalue weighted by Gasteiger charge is 1.97. The van der Waals surface area contributed by atoms with Crippen LogP contribution in [0.3, 0.4) is 0 Å². The third-order valence-electron chi connectivity index (χ3n) is 1.87. The molecular weight excluding hydrogens is 226 g/mol. The van der Waals surface area contributed by atoms with E-state index in [1.54, 1.807) is 16.8 Å². The van der Waals surface area contributed by atoms with Crippen LogP contribution >= 0.6 is 23.1 Å². The van der Waals surface area contributed by atoms with Crippen molar-refractivity contribution in [2.45, 2.75) is 31.0 Å². The first-order chi connectivity index (χ1) is 7.29. The van der Waals surface area contributed by atoms with Gasteiger partial charge in [0.15, 0.2) is 4.34 Å². The molecule has 0 unspecified atom stereocenters. The van der Waals surface area contributed by atoms with Gasteiger partial charge in [-0.3, -0.25) is 0 Å². The van der Waals surface area contributed by atoms with Crippen LogP contribution in [0.2, 0.25) is 0 Å². The van der Waals surface area contributed by atoms with Crippen molar-refractivity contribution in [2.24, 2.45) is 5.92 Å². The largest absolute Gasteiger partial charge is 0.316 e. The second kappa shape index (κ2) is 8.07. The molecule has 3 nitrogen and oxygen atoms in total. The Kier molecular flexibility index (Phi) is 6.96. The maximum Gasteiger partial charge on any atom is 0.174 e. The number of rotatable bonds is 8. The first-order valence-corrected chi connectivity index (χ1v) is 7.25. The number of nitrogens with zero attached hydrogens (tertiary/aromatic N) is 2. The number of aromatic nitrogens is 2. The average molecular weight is 245 g/mol. The lowest BCUT2D eigenvalue weighted by molar-refractivity contribution is 0.541. The van der Waals surface area contributed by atoms with Gasteiger partial charge in [-0.2, -0.15) is 0 Å². The first-order valence-electron chi connectivity index (χ1n) is 5.38.